The second-order valence-corrected chi connectivity index (χ2v) is 5.36. The van der Waals surface area contributed by atoms with E-state index < -0.39 is 23.1 Å². The maximum atomic E-state index is 12.8. The molecule has 0 radical (unpaired) electrons. The Hall–Kier alpha value is -0.800. The van der Waals surface area contributed by atoms with E-state index in [1.54, 1.807) is 0 Å². The number of nitrogens with zero attached hydrogens (tertiary/aromatic N) is 1. The summed E-state index contributed by atoms with van der Waals surface area (Å²) in [6.07, 6.45) is -3.79. The number of alkyl halides is 3. The van der Waals surface area contributed by atoms with Gasteiger partial charge in [-0.15, -0.1) is 0 Å². The van der Waals surface area contributed by atoms with E-state index >= 15 is 0 Å². The molecule has 2 fully saturated rings. The minimum Gasteiger partial charge on any atom is -0.388 e. The lowest BCUT2D eigenvalue weighted by atomic mass is 9.63. The van der Waals surface area contributed by atoms with E-state index in [-0.39, 0.29) is 25.9 Å². The Morgan fingerprint density at radius 3 is 2.56 bits per heavy atom. The van der Waals surface area contributed by atoms with Crippen molar-refractivity contribution >= 4 is 0 Å². The average molecular weight is 263 g/mol. The Morgan fingerprint density at radius 1 is 1.33 bits per heavy atom. The third-order valence-corrected chi connectivity index (χ3v) is 4.32. The molecule has 3 atom stereocenters. The lowest BCUT2D eigenvalue weighted by Gasteiger charge is -2.45. The fourth-order valence-corrected chi connectivity index (χ4v) is 3.09. The predicted molar refractivity (Wildman–Crippen MR) is 56.4 cm³/mol. The average Bonchev–Trinajstić information content (AvgIpc) is 2.78. The van der Waals surface area contributed by atoms with Crippen LogP contribution in [-0.4, -0.2) is 30.1 Å². The number of aliphatic hydroxyl groups is 1. The first-order chi connectivity index (χ1) is 8.33. The number of rotatable bonds is 1. The van der Waals surface area contributed by atoms with E-state index in [1.807, 2.05) is 6.07 Å². The summed E-state index contributed by atoms with van der Waals surface area (Å²) in [5.41, 5.74) is -2.74. The molecular formula is C12H16F3NO2. The molecule has 3 unspecified atom stereocenters. The quantitative estimate of drug-likeness (QED) is 0.790. The number of hydrogen-bond donors (Lipinski definition) is 1. The van der Waals surface area contributed by atoms with Gasteiger partial charge >= 0.3 is 6.18 Å². The molecule has 1 heterocycles. The Balaban J connectivity index is 2.23. The summed E-state index contributed by atoms with van der Waals surface area (Å²) in [5, 5.41) is 19.8. The molecule has 0 spiro atoms. The van der Waals surface area contributed by atoms with Crippen molar-refractivity contribution in [1.82, 2.24) is 0 Å². The van der Waals surface area contributed by atoms with Crippen molar-refractivity contribution in [2.24, 2.45) is 11.3 Å². The molecule has 3 nitrogen and oxygen atoms in total. The van der Waals surface area contributed by atoms with Crippen molar-refractivity contribution in [3.63, 3.8) is 0 Å². The van der Waals surface area contributed by atoms with Gasteiger partial charge < -0.3 is 9.84 Å². The SMILES string of the molecule is N#CC1(C2(O)CCCC(C(F)(F)F)C2)CCOC1. The summed E-state index contributed by atoms with van der Waals surface area (Å²) < 4.78 is 43.5. The summed E-state index contributed by atoms with van der Waals surface area (Å²) in [6.45, 7) is 0.358. The van der Waals surface area contributed by atoms with Crippen LogP contribution in [0.3, 0.4) is 0 Å². The molecule has 0 aromatic rings. The second kappa shape index (κ2) is 4.39. The van der Waals surface area contributed by atoms with Crippen molar-refractivity contribution in [3.8, 4) is 6.07 Å². The zero-order valence-electron chi connectivity index (χ0n) is 9.96. The van der Waals surface area contributed by atoms with Crippen LogP contribution in [0.4, 0.5) is 13.2 Å². The Bertz CT molecular complexity index is 357. The molecule has 2 rings (SSSR count). The van der Waals surface area contributed by atoms with Crippen molar-refractivity contribution in [2.45, 2.75) is 43.9 Å². The Kier molecular flexibility index (Phi) is 3.32. The topological polar surface area (TPSA) is 53.2 Å². The van der Waals surface area contributed by atoms with Crippen LogP contribution in [0.5, 0.6) is 0 Å². The molecule has 0 bridgehead atoms. The van der Waals surface area contributed by atoms with Crippen LogP contribution >= 0.6 is 0 Å². The highest BCUT2D eigenvalue weighted by molar-refractivity contribution is 5.15. The van der Waals surface area contributed by atoms with Crippen LogP contribution in [0.2, 0.25) is 0 Å². The van der Waals surface area contributed by atoms with Crippen molar-refractivity contribution in [3.05, 3.63) is 0 Å². The van der Waals surface area contributed by atoms with Gasteiger partial charge in [0.25, 0.3) is 0 Å². The van der Waals surface area contributed by atoms with Gasteiger partial charge in [0.05, 0.1) is 24.2 Å². The third-order valence-electron chi connectivity index (χ3n) is 4.32. The first-order valence-electron chi connectivity index (χ1n) is 6.11. The van der Waals surface area contributed by atoms with Gasteiger partial charge in [-0.1, -0.05) is 0 Å². The molecule has 1 saturated carbocycles. The van der Waals surface area contributed by atoms with E-state index in [4.69, 9.17) is 4.74 Å². The van der Waals surface area contributed by atoms with Crippen LogP contribution in [0.1, 0.15) is 32.1 Å². The van der Waals surface area contributed by atoms with Gasteiger partial charge in [-0.25, -0.2) is 0 Å². The van der Waals surface area contributed by atoms with Gasteiger partial charge in [-0.3, -0.25) is 0 Å². The standard InChI is InChI=1S/C12H16F3NO2/c13-12(14,15)9-2-1-3-11(17,6-9)10(7-16)4-5-18-8-10/h9,17H,1-6,8H2. The van der Waals surface area contributed by atoms with Crippen molar-refractivity contribution in [2.75, 3.05) is 13.2 Å². The summed E-state index contributed by atoms with van der Waals surface area (Å²) in [6, 6.07) is 2.02. The van der Waals surface area contributed by atoms with E-state index in [1.165, 1.54) is 0 Å². The van der Waals surface area contributed by atoms with E-state index in [0.29, 0.717) is 19.4 Å². The van der Waals surface area contributed by atoms with Crippen molar-refractivity contribution < 1.29 is 23.0 Å². The molecule has 0 aromatic carbocycles. The first-order valence-corrected chi connectivity index (χ1v) is 6.11. The molecule has 1 N–H and O–H groups in total. The van der Waals surface area contributed by atoms with E-state index in [9.17, 15) is 23.5 Å². The maximum absolute atomic E-state index is 12.8. The van der Waals surface area contributed by atoms with Crippen molar-refractivity contribution in [1.29, 1.82) is 5.26 Å². The molecule has 1 aliphatic carbocycles. The fraction of sp³-hybridized carbons (Fsp3) is 0.917. The zero-order chi connectivity index (χ0) is 13.4. The van der Waals surface area contributed by atoms with E-state index in [0.717, 1.165) is 0 Å². The highest BCUT2D eigenvalue weighted by Gasteiger charge is 2.58. The lowest BCUT2D eigenvalue weighted by Crippen LogP contribution is -2.52. The zero-order valence-corrected chi connectivity index (χ0v) is 9.96. The monoisotopic (exact) mass is 263 g/mol. The van der Waals surface area contributed by atoms with E-state index in [2.05, 4.69) is 0 Å². The van der Waals surface area contributed by atoms with Crippen LogP contribution in [-0.2, 0) is 4.74 Å². The second-order valence-electron chi connectivity index (χ2n) is 5.36. The minimum atomic E-state index is -4.30. The Labute approximate surface area is 104 Å². The number of hydrogen-bond acceptors (Lipinski definition) is 3. The lowest BCUT2D eigenvalue weighted by molar-refractivity contribution is -0.212. The fourth-order valence-electron chi connectivity index (χ4n) is 3.09. The molecule has 102 valence electrons. The summed E-state index contributed by atoms with van der Waals surface area (Å²) >= 11 is 0. The van der Waals surface area contributed by atoms with Gasteiger partial charge in [0.1, 0.15) is 5.41 Å². The van der Waals surface area contributed by atoms with Crippen LogP contribution < -0.4 is 0 Å². The van der Waals surface area contributed by atoms with Crippen LogP contribution in [0.25, 0.3) is 0 Å². The molecule has 0 amide bonds. The van der Waals surface area contributed by atoms with Gasteiger partial charge in [0.2, 0.25) is 0 Å². The normalized spacial score (nSPS) is 41.6. The molecule has 6 heteroatoms. The maximum Gasteiger partial charge on any atom is 0.391 e. The van der Waals surface area contributed by atoms with Gasteiger partial charge in [-0.2, -0.15) is 18.4 Å². The minimum absolute atomic E-state index is 0.0323. The molecule has 0 aromatic heterocycles. The third kappa shape index (κ3) is 2.10. The number of nitriles is 1. The summed E-state index contributed by atoms with van der Waals surface area (Å²) in [7, 11) is 0. The molecule has 1 saturated heterocycles. The van der Waals surface area contributed by atoms with Gasteiger partial charge in [0.15, 0.2) is 0 Å². The first kappa shape index (κ1) is 13.6. The summed E-state index contributed by atoms with van der Waals surface area (Å²) in [4.78, 5) is 0. The van der Waals surface area contributed by atoms with Gasteiger partial charge in [-0.05, 0) is 32.1 Å². The highest BCUT2D eigenvalue weighted by atomic mass is 19.4. The largest absolute Gasteiger partial charge is 0.391 e. The Morgan fingerprint density at radius 2 is 2.06 bits per heavy atom. The number of halogens is 3. The smallest absolute Gasteiger partial charge is 0.388 e. The van der Waals surface area contributed by atoms with Crippen LogP contribution in [0, 0.1) is 22.7 Å². The summed E-state index contributed by atoms with van der Waals surface area (Å²) in [5.74, 6) is -1.51. The molecular weight excluding hydrogens is 247 g/mol. The highest BCUT2D eigenvalue weighted by Crippen LogP contribution is 2.51. The predicted octanol–water partition coefficient (Wildman–Crippen LogP) is 2.40. The van der Waals surface area contributed by atoms with Gasteiger partial charge in [0, 0.05) is 6.61 Å². The van der Waals surface area contributed by atoms with Crippen LogP contribution in [0.15, 0.2) is 0 Å². The molecule has 2 aliphatic rings. The molecule has 18 heavy (non-hydrogen) atoms. The number of ether oxygens (including phenoxy) is 1. The molecule has 1 aliphatic heterocycles.